The molecule has 0 aliphatic rings. The number of phosphoric ester groups is 1. The van der Waals surface area contributed by atoms with Crippen LogP contribution in [0.2, 0.25) is 0 Å². The molecule has 0 aliphatic carbocycles. The Morgan fingerprint density at radius 2 is 1.46 bits per heavy atom. The highest BCUT2D eigenvalue weighted by atomic mass is 31.2. The summed E-state index contributed by atoms with van der Waals surface area (Å²) in [4.78, 5) is 73.5. The van der Waals surface area contributed by atoms with Gasteiger partial charge < -0.3 is 41.5 Å². The molecule has 28 heavy (non-hydrogen) atoms. The molecule has 0 aliphatic heterocycles. The summed E-state index contributed by atoms with van der Waals surface area (Å²) in [5.41, 5.74) is 5.43. The molecule has 0 aromatic carbocycles. The Bertz CT molecular complexity index is 662. The smallest absolute Gasteiger partial charge is 0.469 e. The summed E-state index contributed by atoms with van der Waals surface area (Å²) < 4.78 is 14.6. The Hall–Kier alpha value is -2.58. The predicted molar refractivity (Wildman–Crippen MR) is 86.6 cm³/mol. The van der Waals surface area contributed by atoms with Gasteiger partial charge >= 0.3 is 25.7 Å². The van der Waals surface area contributed by atoms with E-state index in [0.717, 1.165) is 0 Å². The van der Waals surface area contributed by atoms with E-state index in [1.165, 1.54) is 0 Å². The minimum atomic E-state index is -5.04. The van der Waals surface area contributed by atoms with E-state index in [2.05, 4.69) is 4.52 Å². The van der Waals surface area contributed by atoms with Gasteiger partial charge in [-0.2, -0.15) is 0 Å². The van der Waals surface area contributed by atoms with Crippen LogP contribution in [0, 0.1) is 0 Å². The van der Waals surface area contributed by atoms with Gasteiger partial charge in [-0.3, -0.25) is 23.7 Å². The molecule has 0 heterocycles. The highest BCUT2D eigenvalue weighted by molar-refractivity contribution is 7.46. The highest BCUT2D eigenvalue weighted by Gasteiger charge is 2.31. The standard InChI is InChI=1S/C12H20N3O12P/c13-5(1-2-8(16)17)10(20)14-6(3-9(18)19)11(21)15-7(12(22)23)4-27-28(24,25)26/h5-7H,1-4,13H2,(H,14,20)(H,15,21)(H,16,17)(H,18,19)(H,22,23)(H2,24,25,26)/t5-,6-,7-/m0/s1. The maximum absolute atomic E-state index is 12.1. The lowest BCUT2D eigenvalue weighted by atomic mass is 10.1. The van der Waals surface area contributed by atoms with Crippen LogP contribution in [0.1, 0.15) is 19.3 Å². The molecule has 16 heteroatoms. The van der Waals surface area contributed by atoms with Gasteiger partial charge in [0.25, 0.3) is 0 Å². The number of phosphoric acid groups is 1. The monoisotopic (exact) mass is 429 g/mol. The molecule has 0 spiro atoms. The normalized spacial score (nSPS) is 14.4. The number of aliphatic carboxylic acids is 3. The van der Waals surface area contributed by atoms with E-state index in [4.69, 9.17) is 30.8 Å². The second-order valence-corrected chi connectivity index (χ2v) is 6.62. The predicted octanol–water partition coefficient (Wildman–Crippen LogP) is -3.18. The van der Waals surface area contributed by atoms with Crippen molar-refractivity contribution in [2.24, 2.45) is 5.73 Å². The largest absolute Gasteiger partial charge is 0.481 e. The molecule has 2 amide bonds. The van der Waals surface area contributed by atoms with Crippen molar-refractivity contribution in [1.82, 2.24) is 10.6 Å². The van der Waals surface area contributed by atoms with Crippen molar-refractivity contribution in [3.05, 3.63) is 0 Å². The number of carboxylic acids is 3. The fraction of sp³-hybridized carbons (Fsp3) is 0.583. The molecule has 0 radical (unpaired) electrons. The number of carboxylic acid groups (broad SMARTS) is 3. The third kappa shape index (κ3) is 11.2. The summed E-state index contributed by atoms with van der Waals surface area (Å²) in [6.45, 7) is -1.14. The molecule has 0 saturated carbocycles. The first-order chi connectivity index (χ1) is 12.7. The fourth-order valence-electron chi connectivity index (χ4n) is 1.69. The van der Waals surface area contributed by atoms with Crippen LogP contribution in [0.5, 0.6) is 0 Å². The van der Waals surface area contributed by atoms with Crippen LogP contribution >= 0.6 is 7.82 Å². The van der Waals surface area contributed by atoms with E-state index in [-0.39, 0.29) is 6.42 Å². The number of carbonyl (C=O) groups excluding carboxylic acids is 2. The molecule has 160 valence electrons. The Morgan fingerprint density at radius 1 is 0.929 bits per heavy atom. The number of rotatable bonds is 13. The van der Waals surface area contributed by atoms with Gasteiger partial charge in [0.15, 0.2) is 6.04 Å². The molecule has 0 bridgehead atoms. The Balaban J connectivity index is 5.10. The molecular formula is C12H20N3O12P. The average molecular weight is 429 g/mol. The minimum Gasteiger partial charge on any atom is -0.481 e. The van der Waals surface area contributed by atoms with Gasteiger partial charge in [-0.15, -0.1) is 0 Å². The van der Waals surface area contributed by atoms with Gasteiger partial charge in [-0.05, 0) is 6.42 Å². The van der Waals surface area contributed by atoms with Gasteiger partial charge in [0.05, 0.1) is 19.1 Å². The lowest BCUT2D eigenvalue weighted by Crippen LogP contribution is -2.55. The van der Waals surface area contributed by atoms with Crippen molar-refractivity contribution in [3.63, 3.8) is 0 Å². The van der Waals surface area contributed by atoms with Crippen LogP contribution in [0.4, 0.5) is 0 Å². The van der Waals surface area contributed by atoms with Crippen LogP contribution in [0.3, 0.4) is 0 Å². The van der Waals surface area contributed by atoms with Crippen LogP contribution in [-0.2, 0) is 33.1 Å². The van der Waals surface area contributed by atoms with Crippen LogP contribution < -0.4 is 16.4 Å². The Labute approximate surface area is 157 Å². The molecular weight excluding hydrogens is 409 g/mol. The van der Waals surface area contributed by atoms with Crippen LogP contribution in [-0.4, -0.2) is 79.6 Å². The minimum absolute atomic E-state index is 0.309. The van der Waals surface area contributed by atoms with E-state index in [1.54, 1.807) is 5.32 Å². The van der Waals surface area contributed by atoms with Gasteiger partial charge in [0, 0.05) is 6.42 Å². The second kappa shape index (κ2) is 11.3. The van der Waals surface area contributed by atoms with E-state index in [9.17, 15) is 28.5 Å². The first-order valence-electron chi connectivity index (χ1n) is 7.45. The maximum Gasteiger partial charge on any atom is 0.469 e. The summed E-state index contributed by atoms with van der Waals surface area (Å²) in [5.74, 6) is -6.89. The first kappa shape index (κ1) is 25.4. The highest BCUT2D eigenvalue weighted by Crippen LogP contribution is 2.35. The number of carbonyl (C=O) groups is 5. The Kier molecular flexibility index (Phi) is 10.3. The SMILES string of the molecule is N[C@@H](CCC(=O)O)C(=O)N[C@@H](CC(=O)O)C(=O)N[C@@H](COP(=O)(O)O)C(=O)O. The van der Waals surface area contributed by atoms with Crippen molar-refractivity contribution in [3.8, 4) is 0 Å². The summed E-state index contributed by atoms with van der Waals surface area (Å²) in [6.07, 6.45) is -1.75. The van der Waals surface area contributed by atoms with Gasteiger partial charge in [0.2, 0.25) is 11.8 Å². The van der Waals surface area contributed by atoms with Gasteiger partial charge in [-0.25, -0.2) is 9.36 Å². The molecule has 9 N–H and O–H groups in total. The molecule has 0 fully saturated rings. The molecule has 0 unspecified atom stereocenters. The number of hydrogen-bond donors (Lipinski definition) is 8. The van der Waals surface area contributed by atoms with Crippen molar-refractivity contribution >= 4 is 37.5 Å². The topological polar surface area (TPSA) is 263 Å². The molecule has 0 aromatic heterocycles. The van der Waals surface area contributed by atoms with Gasteiger partial charge in [-0.1, -0.05) is 0 Å². The van der Waals surface area contributed by atoms with Crippen molar-refractivity contribution in [2.45, 2.75) is 37.4 Å². The summed E-state index contributed by atoms with van der Waals surface area (Å²) in [6, 6.07) is -5.14. The van der Waals surface area contributed by atoms with Crippen LogP contribution in [0.25, 0.3) is 0 Å². The molecule has 3 atom stereocenters. The zero-order valence-corrected chi connectivity index (χ0v) is 15.1. The number of amides is 2. The summed E-state index contributed by atoms with van der Waals surface area (Å²) in [5, 5.41) is 30.0. The summed E-state index contributed by atoms with van der Waals surface area (Å²) in [7, 11) is -5.04. The maximum atomic E-state index is 12.1. The zero-order valence-electron chi connectivity index (χ0n) is 14.2. The zero-order chi connectivity index (χ0) is 22.1. The van der Waals surface area contributed by atoms with E-state index in [1.807, 2.05) is 5.32 Å². The first-order valence-corrected chi connectivity index (χ1v) is 8.98. The van der Waals surface area contributed by atoms with E-state index in [0.29, 0.717) is 0 Å². The molecule has 15 nitrogen and oxygen atoms in total. The second-order valence-electron chi connectivity index (χ2n) is 5.38. The lowest BCUT2D eigenvalue weighted by Gasteiger charge is -2.21. The van der Waals surface area contributed by atoms with E-state index >= 15 is 0 Å². The number of nitrogens with one attached hydrogen (secondary N) is 2. The van der Waals surface area contributed by atoms with Crippen molar-refractivity contribution in [1.29, 1.82) is 0 Å². The fourth-order valence-corrected chi connectivity index (χ4v) is 2.03. The van der Waals surface area contributed by atoms with Crippen LogP contribution in [0.15, 0.2) is 0 Å². The summed E-state index contributed by atoms with van der Waals surface area (Å²) >= 11 is 0. The lowest BCUT2D eigenvalue weighted by molar-refractivity contribution is -0.144. The Morgan fingerprint density at radius 3 is 1.89 bits per heavy atom. The number of hydrogen-bond acceptors (Lipinski definition) is 8. The van der Waals surface area contributed by atoms with Crippen molar-refractivity contribution < 1.29 is 58.2 Å². The van der Waals surface area contributed by atoms with E-state index < -0.39 is 75.1 Å². The third-order valence-electron chi connectivity index (χ3n) is 3.04. The number of nitrogens with two attached hydrogens (primary N) is 1. The van der Waals surface area contributed by atoms with Gasteiger partial charge in [0.1, 0.15) is 6.04 Å². The quantitative estimate of drug-likeness (QED) is 0.134. The molecule has 0 rings (SSSR count). The molecule has 0 aromatic rings. The molecule has 0 saturated heterocycles. The third-order valence-corrected chi connectivity index (χ3v) is 3.53. The average Bonchev–Trinajstić information content (AvgIpc) is 2.53. The van der Waals surface area contributed by atoms with Crippen molar-refractivity contribution in [2.75, 3.05) is 6.61 Å².